The van der Waals surface area contributed by atoms with Crippen LogP contribution in [0.4, 0.5) is 4.79 Å². The molecule has 124 valence electrons. The van der Waals surface area contributed by atoms with Crippen LogP contribution >= 0.6 is 11.3 Å². The molecule has 1 fully saturated rings. The molecule has 0 unspecified atom stereocenters. The minimum absolute atomic E-state index is 0.0588. The molecule has 4 nitrogen and oxygen atoms in total. The van der Waals surface area contributed by atoms with E-state index in [1.165, 1.54) is 15.6 Å². The monoisotopic (exact) mass is 332 g/mol. The van der Waals surface area contributed by atoms with E-state index in [9.17, 15) is 4.79 Å². The van der Waals surface area contributed by atoms with Crippen LogP contribution in [-0.4, -0.2) is 43.8 Å². The molecule has 3 rings (SSSR count). The Morgan fingerprint density at radius 2 is 2.30 bits per heavy atom. The molecule has 1 saturated heterocycles. The fraction of sp³-hybridized carbons (Fsp3) is 0.500. The van der Waals surface area contributed by atoms with Crippen molar-refractivity contribution in [3.8, 4) is 0 Å². The first-order valence-corrected chi connectivity index (χ1v) is 9.21. The molecule has 0 radical (unpaired) electrons. The number of hydrogen-bond acceptors (Lipinski definition) is 3. The van der Waals surface area contributed by atoms with Gasteiger partial charge in [-0.1, -0.05) is 18.2 Å². The molecule has 1 aliphatic heterocycles. The van der Waals surface area contributed by atoms with Gasteiger partial charge in [-0.25, -0.2) is 4.79 Å². The SMILES string of the molecule is CCOC[C@H]1CCN(C(=O)NCCc2csc3ccccc23)C1. The van der Waals surface area contributed by atoms with Crippen LogP contribution in [0.3, 0.4) is 0 Å². The number of hydrogen-bond donors (Lipinski definition) is 1. The first kappa shape index (κ1) is 16.3. The normalized spacial score (nSPS) is 17.8. The van der Waals surface area contributed by atoms with Gasteiger partial charge in [-0.3, -0.25) is 0 Å². The van der Waals surface area contributed by atoms with Gasteiger partial charge in [-0.15, -0.1) is 11.3 Å². The molecule has 1 aromatic carbocycles. The van der Waals surface area contributed by atoms with E-state index in [0.29, 0.717) is 12.5 Å². The highest BCUT2D eigenvalue weighted by atomic mass is 32.1. The van der Waals surface area contributed by atoms with Crippen molar-refractivity contribution in [1.82, 2.24) is 10.2 Å². The van der Waals surface area contributed by atoms with E-state index in [-0.39, 0.29) is 6.03 Å². The Kier molecular flexibility index (Phi) is 5.51. The smallest absolute Gasteiger partial charge is 0.317 e. The third kappa shape index (κ3) is 4.03. The Labute approximate surface area is 141 Å². The van der Waals surface area contributed by atoms with Gasteiger partial charge >= 0.3 is 6.03 Å². The highest BCUT2D eigenvalue weighted by Crippen LogP contribution is 2.25. The van der Waals surface area contributed by atoms with Crippen molar-refractivity contribution >= 4 is 27.5 Å². The number of nitrogens with one attached hydrogen (secondary N) is 1. The molecule has 1 N–H and O–H groups in total. The predicted molar refractivity (Wildman–Crippen MR) is 95.1 cm³/mol. The van der Waals surface area contributed by atoms with Gasteiger partial charge in [0.05, 0.1) is 6.61 Å². The highest BCUT2D eigenvalue weighted by molar-refractivity contribution is 7.17. The fourth-order valence-corrected chi connectivity index (χ4v) is 4.08. The van der Waals surface area contributed by atoms with Crippen LogP contribution in [0.25, 0.3) is 10.1 Å². The van der Waals surface area contributed by atoms with E-state index in [1.807, 2.05) is 11.8 Å². The van der Waals surface area contributed by atoms with Gasteiger partial charge in [-0.05, 0) is 42.2 Å². The Balaban J connectivity index is 1.45. The number of benzene rings is 1. The Hall–Kier alpha value is -1.59. The van der Waals surface area contributed by atoms with E-state index < -0.39 is 0 Å². The molecule has 5 heteroatoms. The maximum Gasteiger partial charge on any atom is 0.317 e. The molecule has 23 heavy (non-hydrogen) atoms. The number of ether oxygens (including phenoxy) is 1. The lowest BCUT2D eigenvalue weighted by molar-refractivity contribution is 0.113. The van der Waals surface area contributed by atoms with Gasteiger partial charge in [-0.2, -0.15) is 0 Å². The van der Waals surface area contributed by atoms with Crippen molar-refractivity contribution in [2.24, 2.45) is 5.92 Å². The first-order valence-electron chi connectivity index (χ1n) is 8.33. The molecule has 2 aromatic rings. The van der Waals surface area contributed by atoms with Gasteiger partial charge in [0, 0.05) is 36.9 Å². The Bertz CT molecular complexity index is 655. The molecule has 0 spiro atoms. The number of carbonyl (C=O) groups excluding carboxylic acids is 1. The molecule has 1 aromatic heterocycles. The average molecular weight is 332 g/mol. The maximum absolute atomic E-state index is 12.2. The molecule has 1 aliphatic rings. The van der Waals surface area contributed by atoms with Crippen LogP contribution in [0, 0.1) is 5.92 Å². The third-order valence-corrected chi connectivity index (χ3v) is 5.37. The fourth-order valence-electron chi connectivity index (χ4n) is 3.08. The summed E-state index contributed by atoms with van der Waals surface area (Å²) in [5, 5.41) is 6.56. The molecule has 0 aliphatic carbocycles. The number of thiophene rings is 1. The first-order chi connectivity index (χ1) is 11.3. The predicted octanol–water partition coefficient (Wildman–Crippen LogP) is 3.51. The summed E-state index contributed by atoms with van der Waals surface area (Å²) in [6.45, 7) is 5.86. The van der Waals surface area contributed by atoms with Crippen molar-refractivity contribution in [3.05, 3.63) is 35.2 Å². The second-order valence-electron chi connectivity index (χ2n) is 6.00. The number of carbonyl (C=O) groups is 1. The summed E-state index contributed by atoms with van der Waals surface area (Å²) < 4.78 is 6.77. The molecular formula is C18H24N2O2S. The van der Waals surface area contributed by atoms with Crippen molar-refractivity contribution < 1.29 is 9.53 Å². The summed E-state index contributed by atoms with van der Waals surface area (Å²) in [5.41, 5.74) is 1.32. The van der Waals surface area contributed by atoms with E-state index in [2.05, 4.69) is 35.0 Å². The molecule has 0 bridgehead atoms. The minimum atomic E-state index is 0.0588. The van der Waals surface area contributed by atoms with Crippen LogP contribution in [0.1, 0.15) is 18.9 Å². The summed E-state index contributed by atoms with van der Waals surface area (Å²) in [6, 6.07) is 8.49. The van der Waals surface area contributed by atoms with E-state index in [1.54, 1.807) is 11.3 Å². The molecule has 1 atom stereocenters. The lowest BCUT2D eigenvalue weighted by Gasteiger charge is -2.17. The second-order valence-corrected chi connectivity index (χ2v) is 6.91. The minimum Gasteiger partial charge on any atom is -0.381 e. The standard InChI is InChI=1S/C18H24N2O2S/c1-2-22-12-14-8-10-20(11-14)18(21)19-9-7-15-13-23-17-6-4-3-5-16(15)17/h3-6,13-14H,2,7-12H2,1H3,(H,19,21)/t14-/m0/s1. The number of fused-ring (bicyclic) bond motifs is 1. The van der Waals surface area contributed by atoms with Gasteiger partial charge < -0.3 is 15.0 Å². The number of rotatable bonds is 6. The van der Waals surface area contributed by atoms with Crippen LogP contribution in [0.15, 0.2) is 29.6 Å². The Morgan fingerprint density at radius 1 is 1.43 bits per heavy atom. The van der Waals surface area contributed by atoms with Crippen LogP contribution in [-0.2, 0) is 11.2 Å². The summed E-state index contributed by atoms with van der Waals surface area (Å²) in [7, 11) is 0. The van der Waals surface area contributed by atoms with E-state index in [4.69, 9.17) is 4.74 Å². The molecule has 2 heterocycles. The van der Waals surface area contributed by atoms with Gasteiger partial charge in [0.2, 0.25) is 0 Å². The van der Waals surface area contributed by atoms with Crippen LogP contribution in [0.2, 0.25) is 0 Å². The van der Waals surface area contributed by atoms with Crippen molar-refractivity contribution in [2.75, 3.05) is 32.8 Å². The number of likely N-dealkylation sites (tertiary alicyclic amines) is 1. The lowest BCUT2D eigenvalue weighted by atomic mass is 10.1. The summed E-state index contributed by atoms with van der Waals surface area (Å²) in [4.78, 5) is 14.1. The topological polar surface area (TPSA) is 41.6 Å². The average Bonchev–Trinajstić information content (AvgIpc) is 3.20. The van der Waals surface area contributed by atoms with Crippen molar-refractivity contribution in [1.29, 1.82) is 0 Å². The zero-order valence-electron chi connectivity index (χ0n) is 13.6. The largest absolute Gasteiger partial charge is 0.381 e. The molecular weight excluding hydrogens is 308 g/mol. The van der Waals surface area contributed by atoms with Crippen molar-refractivity contribution in [2.45, 2.75) is 19.8 Å². The number of nitrogens with zero attached hydrogens (tertiary/aromatic N) is 1. The summed E-state index contributed by atoms with van der Waals surface area (Å²) in [5.74, 6) is 0.488. The van der Waals surface area contributed by atoms with Crippen LogP contribution < -0.4 is 5.32 Å². The van der Waals surface area contributed by atoms with Crippen LogP contribution in [0.5, 0.6) is 0 Å². The van der Waals surface area contributed by atoms with Gasteiger partial charge in [0.1, 0.15) is 0 Å². The van der Waals surface area contributed by atoms with E-state index in [0.717, 1.165) is 39.1 Å². The second kappa shape index (κ2) is 7.79. The number of amides is 2. The van der Waals surface area contributed by atoms with Crippen molar-refractivity contribution in [3.63, 3.8) is 0 Å². The summed E-state index contributed by atoms with van der Waals surface area (Å²) >= 11 is 1.77. The zero-order valence-corrected chi connectivity index (χ0v) is 14.4. The van der Waals surface area contributed by atoms with E-state index >= 15 is 0 Å². The molecule has 2 amide bonds. The maximum atomic E-state index is 12.2. The van der Waals surface area contributed by atoms with Gasteiger partial charge in [0.15, 0.2) is 0 Å². The zero-order chi connectivity index (χ0) is 16.1. The van der Waals surface area contributed by atoms with Gasteiger partial charge in [0.25, 0.3) is 0 Å². The lowest BCUT2D eigenvalue weighted by Crippen LogP contribution is -2.39. The number of urea groups is 1. The quantitative estimate of drug-likeness (QED) is 0.879. The highest BCUT2D eigenvalue weighted by Gasteiger charge is 2.25. The Morgan fingerprint density at radius 3 is 3.17 bits per heavy atom. The molecule has 0 saturated carbocycles. The summed E-state index contributed by atoms with van der Waals surface area (Å²) in [6.07, 6.45) is 1.93. The third-order valence-electron chi connectivity index (χ3n) is 4.36.